The Balaban J connectivity index is 1.77. The molecule has 0 bridgehead atoms. The molecule has 152 valence electrons. The summed E-state index contributed by atoms with van der Waals surface area (Å²) in [7, 11) is 1.64. The number of hydrogen-bond acceptors (Lipinski definition) is 4. The van der Waals surface area contributed by atoms with Crippen molar-refractivity contribution in [3.8, 4) is 5.75 Å². The average molecular weight is 414 g/mol. The topological polar surface area (TPSA) is 73.2 Å². The third-order valence-electron chi connectivity index (χ3n) is 4.69. The van der Waals surface area contributed by atoms with E-state index in [-0.39, 0.29) is 11.5 Å². The van der Waals surface area contributed by atoms with Crippen molar-refractivity contribution >= 4 is 28.4 Å². The van der Waals surface area contributed by atoms with Gasteiger partial charge < -0.3 is 10.1 Å². The SMILES string of the molecule is CCCCOc1ccc(C(=O)NC(C)c2nc3cc(Cl)ccc3c(=O)n2C)cc1. The number of carbonyl (C=O) groups excluding carboxylic acids is 1. The number of nitrogens with zero attached hydrogens (tertiary/aromatic N) is 2. The lowest BCUT2D eigenvalue weighted by molar-refractivity contribution is 0.0937. The highest BCUT2D eigenvalue weighted by Gasteiger charge is 2.17. The Bertz CT molecular complexity index is 1080. The van der Waals surface area contributed by atoms with Crippen molar-refractivity contribution in [2.24, 2.45) is 7.05 Å². The quantitative estimate of drug-likeness (QED) is 0.587. The van der Waals surface area contributed by atoms with Gasteiger partial charge in [0, 0.05) is 17.6 Å². The number of unbranched alkanes of at least 4 members (excludes halogenated alkanes) is 1. The predicted octanol–water partition coefficient (Wildman–Crippen LogP) is 4.26. The third-order valence-corrected chi connectivity index (χ3v) is 4.93. The van der Waals surface area contributed by atoms with E-state index in [0.29, 0.717) is 33.9 Å². The number of ether oxygens (including phenoxy) is 1. The van der Waals surface area contributed by atoms with Gasteiger partial charge in [0.1, 0.15) is 11.6 Å². The largest absolute Gasteiger partial charge is 0.494 e. The number of carbonyl (C=O) groups is 1. The van der Waals surface area contributed by atoms with Crippen LogP contribution in [0.15, 0.2) is 47.3 Å². The van der Waals surface area contributed by atoms with E-state index in [1.807, 2.05) is 0 Å². The van der Waals surface area contributed by atoms with Crippen LogP contribution in [0.2, 0.25) is 5.02 Å². The first-order valence-corrected chi connectivity index (χ1v) is 9.98. The summed E-state index contributed by atoms with van der Waals surface area (Å²) in [5.74, 6) is 0.939. The molecular formula is C22H24ClN3O3. The number of fused-ring (bicyclic) bond motifs is 1. The summed E-state index contributed by atoms with van der Waals surface area (Å²) in [6.07, 6.45) is 2.05. The van der Waals surface area contributed by atoms with E-state index >= 15 is 0 Å². The van der Waals surface area contributed by atoms with Gasteiger partial charge in [-0.1, -0.05) is 24.9 Å². The van der Waals surface area contributed by atoms with E-state index in [1.165, 1.54) is 4.57 Å². The summed E-state index contributed by atoms with van der Waals surface area (Å²) >= 11 is 6.03. The molecule has 0 fully saturated rings. The van der Waals surface area contributed by atoms with Crippen LogP contribution in [0.5, 0.6) is 5.75 Å². The molecule has 0 aliphatic rings. The van der Waals surface area contributed by atoms with E-state index in [2.05, 4.69) is 17.2 Å². The summed E-state index contributed by atoms with van der Waals surface area (Å²) < 4.78 is 7.07. The molecule has 1 atom stereocenters. The normalized spacial score (nSPS) is 12.0. The fraction of sp³-hybridized carbons (Fsp3) is 0.318. The lowest BCUT2D eigenvalue weighted by Gasteiger charge is -2.17. The van der Waals surface area contributed by atoms with Crippen LogP contribution in [-0.4, -0.2) is 22.1 Å². The van der Waals surface area contributed by atoms with Crippen LogP contribution in [0.4, 0.5) is 0 Å². The highest BCUT2D eigenvalue weighted by atomic mass is 35.5. The summed E-state index contributed by atoms with van der Waals surface area (Å²) in [5, 5.41) is 3.88. The molecular weight excluding hydrogens is 390 g/mol. The summed E-state index contributed by atoms with van der Waals surface area (Å²) in [6, 6.07) is 11.5. The van der Waals surface area contributed by atoms with Crippen LogP contribution in [-0.2, 0) is 7.05 Å². The van der Waals surface area contributed by atoms with Crippen molar-refractivity contribution in [3.05, 3.63) is 69.2 Å². The van der Waals surface area contributed by atoms with Gasteiger partial charge in [-0.3, -0.25) is 14.2 Å². The van der Waals surface area contributed by atoms with Crippen molar-refractivity contribution in [2.45, 2.75) is 32.7 Å². The molecule has 1 heterocycles. The minimum Gasteiger partial charge on any atom is -0.494 e. The van der Waals surface area contributed by atoms with Gasteiger partial charge in [-0.25, -0.2) is 4.98 Å². The fourth-order valence-corrected chi connectivity index (χ4v) is 3.20. The zero-order chi connectivity index (χ0) is 21.0. The molecule has 1 aromatic heterocycles. The molecule has 6 nitrogen and oxygen atoms in total. The Kier molecular flexibility index (Phi) is 6.54. The molecule has 1 N–H and O–H groups in total. The molecule has 3 rings (SSSR count). The van der Waals surface area contributed by atoms with Gasteiger partial charge in [0.2, 0.25) is 0 Å². The number of aromatic nitrogens is 2. The van der Waals surface area contributed by atoms with Crippen molar-refractivity contribution < 1.29 is 9.53 Å². The maximum absolute atomic E-state index is 12.6. The summed E-state index contributed by atoms with van der Waals surface area (Å²) in [5.41, 5.74) is 0.829. The zero-order valence-corrected chi connectivity index (χ0v) is 17.5. The number of amides is 1. The molecule has 0 saturated heterocycles. The van der Waals surface area contributed by atoms with E-state index < -0.39 is 6.04 Å². The second-order valence-corrected chi connectivity index (χ2v) is 7.35. The Morgan fingerprint density at radius 3 is 2.66 bits per heavy atom. The molecule has 1 unspecified atom stereocenters. The lowest BCUT2D eigenvalue weighted by atomic mass is 10.1. The monoisotopic (exact) mass is 413 g/mol. The van der Waals surface area contributed by atoms with Crippen LogP contribution in [0.3, 0.4) is 0 Å². The summed E-state index contributed by atoms with van der Waals surface area (Å²) in [6.45, 7) is 4.55. The van der Waals surface area contributed by atoms with E-state index in [0.717, 1.165) is 18.6 Å². The van der Waals surface area contributed by atoms with Crippen molar-refractivity contribution in [3.63, 3.8) is 0 Å². The van der Waals surface area contributed by atoms with Crippen LogP contribution in [0, 0.1) is 0 Å². The number of hydrogen-bond donors (Lipinski definition) is 1. The smallest absolute Gasteiger partial charge is 0.261 e. The molecule has 0 saturated carbocycles. The number of rotatable bonds is 7. The molecule has 7 heteroatoms. The van der Waals surface area contributed by atoms with E-state index in [1.54, 1.807) is 56.4 Å². The highest BCUT2D eigenvalue weighted by Crippen LogP contribution is 2.18. The molecule has 0 aliphatic carbocycles. The van der Waals surface area contributed by atoms with Gasteiger partial charge >= 0.3 is 0 Å². The zero-order valence-electron chi connectivity index (χ0n) is 16.7. The third kappa shape index (κ3) is 4.77. The van der Waals surface area contributed by atoms with Crippen molar-refractivity contribution in [1.29, 1.82) is 0 Å². The highest BCUT2D eigenvalue weighted by molar-refractivity contribution is 6.31. The Hall–Kier alpha value is -2.86. The first kappa shape index (κ1) is 20.9. The minimum absolute atomic E-state index is 0.184. The van der Waals surface area contributed by atoms with Gasteiger partial charge in [0.15, 0.2) is 0 Å². The molecule has 3 aromatic rings. The number of nitrogens with one attached hydrogen (secondary N) is 1. The maximum Gasteiger partial charge on any atom is 0.261 e. The van der Waals surface area contributed by atoms with Crippen LogP contribution in [0.1, 0.15) is 48.9 Å². The first-order valence-electron chi connectivity index (χ1n) is 9.60. The first-order chi connectivity index (χ1) is 13.9. The average Bonchev–Trinajstić information content (AvgIpc) is 2.71. The van der Waals surface area contributed by atoms with Crippen LogP contribution >= 0.6 is 11.6 Å². The van der Waals surface area contributed by atoms with Crippen molar-refractivity contribution in [1.82, 2.24) is 14.9 Å². The fourth-order valence-electron chi connectivity index (χ4n) is 3.03. The number of benzene rings is 2. The maximum atomic E-state index is 12.6. The molecule has 0 aliphatic heterocycles. The van der Waals surface area contributed by atoms with E-state index in [4.69, 9.17) is 16.3 Å². The van der Waals surface area contributed by atoms with Gasteiger partial charge in [-0.15, -0.1) is 0 Å². The molecule has 29 heavy (non-hydrogen) atoms. The van der Waals surface area contributed by atoms with E-state index in [9.17, 15) is 9.59 Å². The number of halogens is 1. The molecule has 0 radical (unpaired) electrons. The molecule has 0 spiro atoms. The van der Waals surface area contributed by atoms with Gasteiger partial charge in [0.25, 0.3) is 11.5 Å². The van der Waals surface area contributed by atoms with Crippen molar-refractivity contribution in [2.75, 3.05) is 6.61 Å². The lowest BCUT2D eigenvalue weighted by Crippen LogP contribution is -2.32. The Morgan fingerprint density at radius 2 is 1.97 bits per heavy atom. The standard InChI is InChI=1S/C22H24ClN3O3/c1-4-5-12-29-17-9-6-15(7-10-17)21(27)24-14(2)20-25-19-13-16(23)8-11-18(19)22(28)26(20)3/h6-11,13-14H,4-5,12H2,1-3H3,(H,24,27). The second kappa shape index (κ2) is 9.09. The van der Waals surface area contributed by atoms with Gasteiger partial charge in [-0.05, 0) is 55.8 Å². The van der Waals surface area contributed by atoms with Gasteiger partial charge in [-0.2, -0.15) is 0 Å². The summed E-state index contributed by atoms with van der Waals surface area (Å²) in [4.78, 5) is 29.8. The Labute approximate surface area is 174 Å². The molecule has 2 aromatic carbocycles. The molecule has 1 amide bonds. The van der Waals surface area contributed by atoms with Crippen LogP contribution in [0.25, 0.3) is 10.9 Å². The van der Waals surface area contributed by atoms with Crippen LogP contribution < -0.4 is 15.6 Å². The minimum atomic E-state index is -0.468. The second-order valence-electron chi connectivity index (χ2n) is 6.92. The van der Waals surface area contributed by atoms with Gasteiger partial charge in [0.05, 0.1) is 23.6 Å². The predicted molar refractivity (Wildman–Crippen MR) is 115 cm³/mol. The Morgan fingerprint density at radius 1 is 1.24 bits per heavy atom.